The van der Waals surface area contributed by atoms with Crippen molar-refractivity contribution in [1.82, 2.24) is 14.7 Å². The number of likely N-dealkylation sites (N-methyl/N-ethyl adjacent to an activating group) is 2. The summed E-state index contributed by atoms with van der Waals surface area (Å²) >= 11 is 1.39. The number of hydrogen-bond donors (Lipinski definition) is 1. The van der Waals surface area contributed by atoms with Crippen LogP contribution >= 0.6 is 25.7 Å². The third kappa shape index (κ3) is 12.3. The molecular formula is C14H37N3OS2. The number of nitrogens with zero attached hydrogens (tertiary/aromatic N) is 2. The SMILES string of the molecule is CC.CNC(CN(C)OSN(C)C(C)C)C(C)(C)C.S. The summed E-state index contributed by atoms with van der Waals surface area (Å²) in [5, 5.41) is 5.22. The monoisotopic (exact) mass is 327 g/mol. The largest absolute Gasteiger partial charge is 0.315 e. The molecule has 0 aromatic carbocycles. The second-order valence-electron chi connectivity index (χ2n) is 5.81. The van der Waals surface area contributed by atoms with Crippen molar-refractivity contribution in [3.63, 3.8) is 0 Å². The van der Waals surface area contributed by atoms with Gasteiger partial charge in [0, 0.05) is 25.7 Å². The van der Waals surface area contributed by atoms with E-state index in [0.29, 0.717) is 12.1 Å². The van der Waals surface area contributed by atoms with Gasteiger partial charge in [0.25, 0.3) is 0 Å². The number of hydrogen-bond acceptors (Lipinski definition) is 5. The number of nitrogens with one attached hydrogen (secondary N) is 1. The Bertz CT molecular complexity index is 211. The van der Waals surface area contributed by atoms with Crippen LogP contribution < -0.4 is 5.32 Å². The van der Waals surface area contributed by atoms with Crippen LogP contribution in [0.4, 0.5) is 0 Å². The fourth-order valence-electron chi connectivity index (χ4n) is 1.28. The van der Waals surface area contributed by atoms with E-state index in [1.807, 2.05) is 40.1 Å². The Morgan fingerprint density at radius 3 is 1.90 bits per heavy atom. The van der Waals surface area contributed by atoms with Crippen molar-refractivity contribution < 1.29 is 4.28 Å². The zero-order valence-electron chi connectivity index (χ0n) is 15.1. The highest BCUT2D eigenvalue weighted by Crippen LogP contribution is 2.21. The van der Waals surface area contributed by atoms with Crippen molar-refractivity contribution in [2.24, 2.45) is 5.41 Å². The van der Waals surface area contributed by atoms with Crippen molar-refractivity contribution in [1.29, 1.82) is 0 Å². The molecule has 0 saturated heterocycles. The molecule has 0 fully saturated rings. The van der Waals surface area contributed by atoms with Gasteiger partial charge in [-0.05, 0) is 33.4 Å². The van der Waals surface area contributed by atoms with Gasteiger partial charge in [-0.15, -0.1) is 0 Å². The average Bonchev–Trinajstić information content (AvgIpc) is 2.33. The van der Waals surface area contributed by atoms with E-state index in [1.54, 1.807) is 0 Å². The highest BCUT2D eigenvalue weighted by Gasteiger charge is 2.24. The fraction of sp³-hybridized carbons (Fsp3) is 1.00. The minimum absolute atomic E-state index is 0. The van der Waals surface area contributed by atoms with Gasteiger partial charge in [-0.1, -0.05) is 34.6 Å². The van der Waals surface area contributed by atoms with Gasteiger partial charge in [-0.25, -0.2) is 8.59 Å². The first kappa shape index (κ1) is 25.5. The zero-order valence-corrected chi connectivity index (χ0v) is 16.9. The first-order chi connectivity index (χ1) is 8.68. The molecule has 20 heavy (non-hydrogen) atoms. The molecule has 0 aliphatic heterocycles. The predicted molar refractivity (Wildman–Crippen MR) is 98.2 cm³/mol. The van der Waals surface area contributed by atoms with Crippen LogP contribution in [-0.4, -0.2) is 49.1 Å². The van der Waals surface area contributed by atoms with Crippen molar-refractivity contribution in [2.75, 3.05) is 27.7 Å². The highest BCUT2D eigenvalue weighted by atomic mass is 32.2. The smallest absolute Gasteiger partial charge is 0.105 e. The maximum Gasteiger partial charge on any atom is 0.105 e. The van der Waals surface area contributed by atoms with Crippen LogP contribution in [0.15, 0.2) is 0 Å². The molecule has 1 N–H and O–H groups in total. The Morgan fingerprint density at radius 1 is 1.15 bits per heavy atom. The first-order valence-electron chi connectivity index (χ1n) is 7.14. The van der Waals surface area contributed by atoms with Crippen molar-refractivity contribution >= 4 is 25.7 Å². The third-order valence-electron chi connectivity index (χ3n) is 2.84. The van der Waals surface area contributed by atoms with E-state index in [1.165, 1.54) is 12.2 Å². The van der Waals surface area contributed by atoms with E-state index in [9.17, 15) is 0 Å². The Kier molecular flexibility index (Phi) is 16.8. The summed E-state index contributed by atoms with van der Waals surface area (Å²) < 4.78 is 7.71. The van der Waals surface area contributed by atoms with Crippen molar-refractivity contribution in [2.45, 2.75) is 60.5 Å². The molecule has 1 unspecified atom stereocenters. The molecule has 0 bridgehead atoms. The Hall–Kier alpha value is 0.540. The van der Waals surface area contributed by atoms with Gasteiger partial charge in [-0.2, -0.15) is 18.6 Å². The topological polar surface area (TPSA) is 27.7 Å². The van der Waals surface area contributed by atoms with Crippen LogP contribution in [0.1, 0.15) is 48.5 Å². The van der Waals surface area contributed by atoms with Gasteiger partial charge in [-0.3, -0.25) is 0 Å². The molecule has 0 rings (SSSR count). The van der Waals surface area contributed by atoms with Crippen LogP contribution in [0.25, 0.3) is 0 Å². The second-order valence-corrected chi connectivity index (χ2v) is 6.68. The van der Waals surface area contributed by atoms with Crippen LogP contribution in [-0.2, 0) is 4.28 Å². The lowest BCUT2D eigenvalue weighted by Crippen LogP contribution is -2.45. The number of rotatable bonds is 7. The van der Waals surface area contributed by atoms with E-state index in [-0.39, 0.29) is 18.9 Å². The summed E-state index contributed by atoms with van der Waals surface area (Å²) in [6.45, 7) is 15.8. The molecule has 0 aliphatic rings. The summed E-state index contributed by atoms with van der Waals surface area (Å²) in [5.41, 5.74) is 0.223. The van der Waals surface area contributed by atoms with Crippen molar-refractivity contribution in [3.8, 4) is 0 Å². The van der Waals surface area contributed by atoms with Crippen LogP contribution in [0, 0.1) is 5.41 Å². The molecular weight excluding hydrogens is 290 g/mol. The maximum absolute atomic E-state index is 5.63. The molecule has 0 aliphatic carbocycles. The standard InChI is InChI=1S/C12H29N3OS.C2H6.H2S/c1-10(2)15(8)17-16-14(7)9-11(13-6)12(3,4)5;1-2;/h10-11,13H,9H2,1-8H3;1-2H3;1H2. The van der Waals surface area contributed by atoms with E-state index >= 15 is 0 Å². The van der Waals surface area contributed by atoms with Gasteiger partial charge in [0.1, 0.15) is 12.2 Å². The predicted octanol–water partition coefficient (Wildman–Crippen LogP) is 3.53. The molecule has 0 amide bonds. The van der Waals surface area contributed by atoms with Gasteiger partial charge in [0.15, 0.2) is 0 Å². The minimum Gasteiger partial charge on any atom is -0.315 e. The second kappa shape index (κ2) is 13.2. The molecule has 1 atom stereocenters. The third-order valence-corrected chi connectivity index (χ3v) is 3.82. The first-order valence-corrected chi connectivity index (χ1v) is 7.84. The Balaban J connectivity index is -0.000000916. The Labute approximate surface area is 138 Å². The number of hydroxylamine groups is 2. The van der Waals surface area contributed by atoms with E-state index < -0.39 is 0 Å². The summed E-state index contributed by atoms with van der Waals surface area (Å²) in [5.74, 6) is 0. The molecule has 0 saturated carbocycles. The zero-order chi connectivity index (χ0) is 15.6. The molecule has 0 spiro atoms. The fourth-order valence-corrected chi connectivity index (χ4v) is 1.73. The highest BCUT2D eigenvalue weighted by molar-refractivity contribution is 7.92. The van der Waals surface area contributed by atoms with Gasteiger partial charge in [0.2, 0.25) is 0 Å². The van der Waals surface area contributed by atoms with Gasteiger partial charge in [0.05, 0.1) is 0 Å². The quantitative estimate of drug-likeness (QED) is 0.439. The normalized spacial score (nSPS) is 13.1. The molecule has 126 valence electrons. The van der Waals surface area contributed by atoms with E-state index in [4.69, 9.17) is 4.28 Å². The lowest BCUT2D eigenvalue weighted by molar-refractivity contribution is -0.0316. The average molecular weight is 328 g/mol. The maximum atomic E-state index is 5.63. The summed E-state index contributed by atoms with van der Waals surface area (Å²) in [6.07, 6.45) is 0. The summed E-state index contributed by atoms with van der Waals surface area (Å²) in [7, 11) is 6.00. The molecule has 0 aromatic rings. The van der Waals surface area contributed by atoms with Gasteiger partial charge >= 0.3 is 0 Å². The summed E-state index contributed by atoms with van der Waals surface area (Å²) in [6, 6.07) is 0.869. The molecule has 0 radical (unpaired) electrons. The minimum atomic E-state index is 0. The van der Waals surface area contributed by atoms with Crippen LogP contribution in [0.3, 0.4) is 0 Å². The van der Waals surface area contributed by atoms with Gasteiger partial charge < -0.3 is 5.32 Å². The van der Waals surface area contributed by atoms with Crippen LogP contribution in [0.2, 0.25) is 0 Å². The lowest BCUT2D eigenvalue weighted by Gasteiger charge is -2.33. The summed E-state index contributed by atoms with van der Waals surface area (Å²) in [4.78, 5) is 0. The van der Waals surface area contributed by atoms with Crippen molar-refractivity contribution in [3.05, 3.63) is 0 Å². The molecule has 0 aromatic heterocycles. The van der Waals surface area contributed by atoms with Crippen LogP contribution in [0.5, 0.6) is 0 Å². The Morgan fingerprint density at radius 2 is 1.60 bits per heavy atom. The molecule has 0 heterocycles. The van der Waals surface area contributed by atoms with E-state index in [0.717, 1.165) is 6.54 Å². The molecule has 4 nitrogen and oxygen atoms in total. The molecule has 6 heteroatoms. The van der Waals surface area contributed by atoms with E-state index in [2.05, 4.69) is 44.2 Å². The lowest BCUT2D eigenvalue weighted by atomic mass is 9.87.